The van der Waals surface area contributed by atoms with Gasteiger partial charge in [0.15, 0.2) is 0 Å². The summed E-state index contributed by atoms with van der Waals surface area (Å²) in [4.78, 5) is 0. The van der Waals surface area contributed by atoms with E-state index in [1.807, 2.05) is 0 Å². The van der Waals surface area contributed by atoms with Crippen LogP contribution in [0.2, 0.25) is 0 Å². The van der Waals surface area contributed by atoms with E-state index in [4.69, 9.17) is 4.42 Å². The molecular formula is C17H23NO. The van der Waals surface area contributed by atoms with Crippen LogP contribution in [0.3, 0.4) is 0 Å². The van der Waals surface area contributed by atoms with Crippen LogP contribution in [0.15, 0.2) is 16.5 Å². The number of nitrogens with one attached hydrogen (secondary N) is 1. The van der Waals surface area contributed by atoms with Crippen molar-refractivity contribution in [3.05, 3.63) is 34.6 Å². The van der Waals surface area contributed by atoms with Crippen LogP contribution in [-0.4, -0.2) is 6.04 Å². The van der Waals surface area contributed by atoms with Gasteiger partial charge >= 0.3 is 0 Å². The summed E-state index contributed by atoms with van der Waals surface area (Å²) < 4.78 is 6.18. The van der Waals surface area contributed by atoms with Crippen molar-refractivity contribution >= 4 is 11.0 Å². The van der Waals surface area contributed by atoms with Gasteiger partial charge in [-0.15, -0.1) is 0 Å². The van der Waals surface area contributed by atoms with Crippen molar-refractivity contribution in [2.45, 2.75) is 59.0 Å². The van der Waals surface area contributed by atoms with Crippen LogP contribution in [0.5, 0.6) is 0 Å². The van der Waals surface area contributed by atoms with E-state index in [-0.39, 0.29) is 0 Å². The predicted molar refractivity (Wildman–Crippen MR) is 79.5 cm³/mol. The van der Waals surface area contributed by atoms with Crippen LogP contribution in [0, 0.1) is 13.8 Å². The molecule has 2 nitrogen and oxygen atoms in total. The topological polar surface area (TPSA) is 25.2 Å². The fraction of sp³-hybridized carbons (Fsp3) is 0.529. The summed E-state index contributed by atoms with van der Waals surface area (Å²) >= 11 is 0. The summed E-state index contributed by atoms with van der Waals surface area (Å²) in [5, 5.41) is 4.93. The van der Waals surface area contributed by atoms with Gasteiger partial charge in [-0.1, -0.05) is 25.5 Å². The van der Waals surface area contributed by atoms with Crippen LogP contribution >= 0.6 is 0 Å². The maximum Gasteiger partial charge on any atom is 0.137 e. The van der Waals surface area contributed by atoms with Gasteiger partial charge in [-0.2, -0.15) is 0 Å². The molecule has 1 aliphatic carbocycles. The van der Waals surface area contributed by atoms with Crippen LogP contribution in [0.1, 0.15) is 48.6 Å². The predicted octanol–water partition coefficient (Wildman–Crippen LogP) is 4.25. The highest BCUT2D eigenvalue weighted by Gasteiger charge is 2.22. The second kappa shape index (κ2) is 5.01. The summed E-state index contributed by atoms with van der Waals surface area (Å²) in [7, 11) is 0. The molecule has 1 fully saturated rings. The molecule has 2 aromatic rings. The van der Waals surface area contributed by atoms with Gasteiger partial charge in [0.1, 0.15) is 11.3 Å². The molecule has 1 heterocycles. The maximum absolute atomic E-state index is 6.18. The fourth-order valence-corrected chi connectivity index (χ4v) is 2.80. The lowest BCUT2D eigenvalue weighted by atomic mass is 10.00. The molecule has 0 aliphatic heterocycles. The molecule has 0 amide bonds. The van der Waals surface area contributed by atoms with E-state index < -0.39 is 0 Å². The molecule has 102 valence electrons. The lowest BCUT2D eigenvalue weighted by Crippen LogP contribution is -2.15. The normalized spacial score (nSPS) is 15.3. The first-order valence-electron chi connectivity index (χ1n) is 7.44. The highest BCUT2D eigenvalue weighted by Crippen LogP contribution is 2.32. The number of furan rings is 1. The van der Waals surface area contributed by atoms with E-state index in [0.717, 1.165) is 30.4 Å². The van der Waals surface area contributed by atoms with Gasteiger partial charge in [0, 0.05) is 17.0 Å². The Bertz CT molecular complexity index is 593. The van der Waals surface area contributed by atoms with E-state index in [1.54, 1.807) is 0 Å². The summed E-state index contributed by atoms with van der Waals surface area (Å²) in [6, 6.07) is 5.10. The molecular weight excluding hydrogens is 234 g/mol. The van der Waals surface area contributed by atoms with E-state index in [2.05, 4.69) is 38.2 Å². The first-order chi connectivity index (χ1) is 9.20. The highest BCUT2D eigenvalue weighted by molar-refractivity contribution is 5.88. The average molecular weight is 257 g/mol. The Morgan fingerprint density at radius 3 is 2.63 bits per heavy atom. The van der Waals surface area contributed by atoms with E-state index in [0.29, 0.717) is 0 Å². The van der Waals surface area contributed by atoms with E-state index >= 15 is 0 Å². The Hall–Kier alpha value is -1.28. The highest BCUT2D eigenvalue weighted by atomic mass is 16.3. The smallest absolute Gasteiger partial charge is 0.137 e. The van der Waals surface area contributed by atoms with E-state index in [9.17, 15) is 0 Å². The van der Waals surface area contributed by atoms with Crippen molar-refractivity contribution in [3.63, 3.8) is 0 Å². The second-order valence-electron chi connectivity index (χ2n) is 5.81. The molecule has 1 aromatic carbocycles. The monoisotopic (exact) mass is 257 g/mol. The number of benzene rings is 1. The zero-order valence-corrected chi connectivity index (χ0v) is 12.2. The lowest BCUT2D eigenvalue weighted by Gasteiger charge is -2.04. The van der Waals surface area contributed by atoms with Crippen LogP contribution < -0.4 is 5.32 Å². The molecule has 1 saturated carbocycles. The number of fused-ring (bicyclic) bond motifs is 1. The van der Waals surface area contributed by atoms with Crippen molar-refractivity contribution < 1.29 is 4.42 Å². The van der Waals surface area contributed by atoms with Gasteiger partial charge in [0.25, 0.3) is 0 Å². The standard InChI is InChI=1S/C17H23NO/c1-4-5-14-15(10-18-13-8-9-13)19-17-12(3)7-6-11(2)16(14)17/h6-7,13,18H,4-5,8-10H2,1-3H3. The number of hydrogen-bond donors (Lipinski definition) is 1. The third kappa shape index (κ3) is 2.42. The Morgan fingerprint density at radius 1 is 1.21 bits per heavy atom. The van der Waals surface area contributed by atoms with Crippen molar-refractivity contribution in [2.75, 3.05) is 0 Å². The summed E-state index contributed by atoms with van der Waals surface area (Å²) in [6.45, 7) is 7.45. The maximum atomic E-state index is 6.18. The van der Waals surface area contributed by atoms with Crippen molar-refractivity contribution in [2.24, 2.45) is 0 Å². The zero-order chi connectivity index (χ0) is 13.4. The molecule has 3 rings (SSSR count). The molecule has 0 radical (unpaired) electrons. The minimum absolute atomic E-state index is 0.727. The SMILES string of the molecule is CCCc1c(CNC2CC2)oc2c(C)ccc(C)c12. The quantitative estimate of drug-likeness (QED) is 0.866. The van der Waals surface area contributed by atoms with Gasteiger partial charge in [0.05, 0.1) is 6.54 Å². The fourth-order valence-electron chi connectivity index (χ4n) is 2.80. The molecule has 19 heavy (non-hydrogen) atoms. The summed E-state index contributed by atoms with van der Waals surface area (Å²) in [5.74, 6) is 1.15. The Balaban J connectivity index is 2.05. The number of aryl methyl sites for hydroxylation is 3. The molecule has 0 unspecified atom stereocenters. The molecule has 1 aromatic heterocycles. The van der Waals surface area contributed by atoms with Crippen molar-refractivity contribution in [1.82, 2.24) is 5.32 Å². The molecule has 0 bridgehead atoms. The van der Waals surface area contributed by atoms with Gasteiger partial charge < -0.3 is 9.73 Å². The van der Waals surface area contributed by atoms with Gasteiger partial charge in [-0.25, -0.2) is 0 Å². The average Bonchev–Trinajstić information content (AvgIpc) is 3.15. The zero-order valence-electron chi connectivity index (χ0n) is 12.2. The van der Waals surface area contributed by atoms with Crippen LogP contribution in [0.4, 0.5) is 0 Å². The van der Waals surface area contributed by atoms with E-state index in [1.165, 1.54) is 41.3 Å². The first kappa shape index (κ1) is 12.7. The van der Waals surface area contributed by atoms with Crippen molar-refractivity contribution in [3.8, 4) is 0 Å². The number of rotatable bonds is 5. The molecule has 1 N–H and O–H groups in total. The molecule has 0 atom stereocenters. The van der Waals surface area contributed by atoms with Gasteiger partial charge in [0.2, 0.25) is 0 Å². The van der Waals surface area contributed by atoms with Crippen LogP contribution in [-0.2, 0) is 13.0 Å². The minimum atomic E-state index is 0.727. The lowest BCUT2D eigenvalue weighted by molar-refractivity contribution is 0.504. The largest absolute Gasteiger partial charge is 0.459 e. The Kier molecular flexibility index (Phi) is 3.36. The molecule has 0 saturated heterocycles. The minimum Gasteiger partial charge on any atom is -0.459 e. The Morgan fingerprint density at radius 2 is 1.95 bits per heavy atom. The Labute approximate surface area is 115 Å². The number of hydrogen-bond acceptors (Lipinski definition) is 2. The molecule has 1 aliphatic rings. The van der Waals surface area contributed by atoms with Gasteiger partial charge in [-0.3, -0.25) is 0 Å². The third-order valence-electron chi connectivity index (χ3n) is 4.06. The summed E-state index contributed by atoms with van der Waals surface area (Å²) in [5.41, 5.74) is 5.10. The van der Waals surface area contributed by atoms with Crippen LogP contribution in [0.25, 0.3) is 11.0 Å². The summed E-state index contributed by atoms with van der Waals surface area (Å²) in [6.07, 6.45) is 4.92. The molecule has 2 heteroatoms. The first-order valence-corrected chi connectivity index (χ1v) is 7.44. The van der Waals surface area contributed by atoms with Crippen molar-refractivity contribution in [1.29, 1.82) is 0 Å². The van der Waals surface area contributed by atoms with Gasteiger partial charge in [-0.05, 0) is 44.2 Å². The third-order valence-corrected chi connectivity index (χ3v) is 4.06. The molecule has 0 spiro atoms. The second-order valence-corrected chi connectivity index (χ2v) is 5.81.